The molecule has 0 spiro atoms. The molecule has 3 rings (SSSR count). The average molecular weight is 439 g/mol. The molecule has 0 unspecified atom stereocenters. The predicted octanol–water partition coefficient (Wildman–Crippen LogP) is 4.05. The highest BCUT2D eigenvalue weighted by molar-refractivity contribution is 6.17. The molecule has 158 valence electrons. The van der Waals surface area contributed by atoms with E-state index in [1.807, 2.05) is 0 Å². The van der Waals surface area contributed by atoms with E-state index in [4.69, 9.17) is 22.1 Å². The second-order valence-electron chi connectivity index (χ2n) is 7.09. The number of carbonyl (C=O) groups excluding carboxylic acids is 1. The van der Waals surface area contributed by atoms with Crippen molar-refractivity contribution in [3.05, 3.63) is 64.7 Å². The third-order valence-electron chi connectivity index (χ3n) is 4.51. The quantitative estimate of drug-likeness (QED) is 0.588. The van der Waals surface area contributed by atoms with Crippen molar-refractivity contribution < 1.29 is 22.7 Å². The first kappa shape index (κ1) is 21.6. The standard InChI is InChI=1S/C20H18ClF3N4O2/c1-20(2,30-16-14(23)7-12(22)8-15(16)24)19-27-26-18(28(19)3)13-5-4-10(17(25)29)6-11(13)9-21/h4-8H,9H2,1-3H3,(H2,25,29). The molecule has 0 bridgehead atoms. The molecule has 0 radical (unpaired) electrons. The molecule has 0 atom stereocenters. The molecule has 0 fully saturated rings. The number of hydrogen-bond donors (Lipinski definition) is 1. The molecular weight excluding hydrogens is 421 g/mol. The van der Waals surface area contributed by atoms with Crippen molar-refractivity contribution >= 4 is 17.5 Å². The molecule has 1 heterocycles. The topological polar surface area (TPSA) is 83.0 Å². The minimum Gasteiger partial charge on any atom is -0.474 e. The second kappa shape index (κ2) is 7.98. The number of nitrogens with zero attached hydrogens (tertiary/aromatic N) is 3. The summed E-state index contributed by atoms with van der Waals surface area (Å²) in [6.45, 7) is 3.09. The van der Waals surface area contributed by atoms with Gasteiger partial charge in [0.25, 0.3) is 0 Å². The first-order chi connectivity index (χ1) is 14.0. The van der Waals surface area contributed by atoms with Gasteiger partial charge in [-0.3, -0.25) is 4.79 Å². The van der Waals surface area contributed by atoms with Gasteiger partial charge in [0.05, 0.1) is 0 Å². The van der Waals surface area contributed by atoms with Crippen LogP contribution in [0, 0.1) is 17.5 Å². The van der Waals surface area contributed by atoms with Gasteiger partial charge in [-0.25, -0.2) is 13.2 Å². The Labute approximate surface area is 175 Å². The Hall–Kier alpha value is -3.07. The molecule has 1 amide bonds. The van der Waals surface area contributed by atoms with Gasteiger partial charge in [0.2, 0.25) is 5.91 Å². The summed E-state index contributed by atoms with van der Waals surface area (Å²) in [6.07, 6.45) is 0. The van der Waals surface area contributed by atoms with Crippen LogP contribution in [-0.2, 0) is 18.5 Å². The van der Waals surface area contributed by atoms with Gasteiger partial charge in [-0.15, -0.1) is 21.8 Å². The fraction of sp³-hybridized carbons (Fsp3) is 0.250. The summed E-state index contributed by atoms with van der Waals surface area (Å²) in [5.74, 6) is -3.98. The van der Waals surface area contributed by atoms with Crippen molar-refractivity contribution in [1.29, 1.82) is 0 Å². The fourth-order valence-corrected chi connectivity index (χ4v) is 3.31. The van der Waals surface area contributed by atoms with Crippen LogP contribution in [0.4, 0.5) is 13.2 Å². The zero-order valence-corrected chi connectivity index (χ0v) is 17.1. The summed E-state index contributed by atoms with van der Waals surface area (Å²) in [5.41, 5.74) is 5.48. The summed E-state index contributed by atoms with van der Waals surface area (Å²) in [5, 5.41) is 8.25. The van der Waals surface area contributed by atoms with Gasteiger partial charge in [0, 0.05) is 36.2 Å². The molecular formula is C20H18ClF3N4O2. The Kier molecular flexibility index (Phi) is 5.76. The number of amides is 1. The van der Waals surface area contributed by atoms with Crippen LogP contribution in [0.25, 0.3) is 11.4 Å². The summed E-state index contributed by atoms with van der Waals surface area (Å²) in [6, 6.07) is 5.79. The van der Waals surface area contributed by atoms with Crippen molar-refractivity contribution in [3.8, 4) is 17.1 Å². The maximum Gasteiger partial charge on any atom is 0.248 e. The third kappa shape index (κ3) is 3.97. The lowest BCUT2D eigenvalue weighted by molar-refractivity contribution is 0.0833. The predicted molar refractivity (Wildman–Crippen MR) is 104 cm³/mol. The van der Waals surface area contributed by atoms with Crippen molar-refractivity contribution in [3.63, 3.8) is 0 Å². The number of halogens is 4. The van der Waals surface area contributed by atoms with Crippen LogP contribution in [0.5, 0.6) is 5.75 Å². The van der Waals surface area contributed by atoms with Gasteiger partial charge >= 0.3 is 0 Å². The molecule has 0 saturated carbocycles. The Morgan fingerprint density at radius 1 is 1.17 bits per heavy atom. The molecule has 2 aromatic carbocycles. The van der Waals surface area contributed by atoms with Gasteiger partial charge in [-0.1, -0.05) is 6.07 Å². The van der Waals surface area contributed by atoms with Gasteiger partial charge in [0.1, 0.15) is 5.82 Å². The minimum absolute atomic E-state index is 0.0878. The Morgan fingerprint density at radius 2 is 1.80 bits per heavy atom. The molecule has 30 heavy (non-hydrogen) atoms. The number of alkyl halides is 1. The van der Waals surface area contributed by atoms with E-state index in [0.717, 1.165) is 0 Å². The normalized spacial score (nSPS) is 11.6. The first-order valence-electron chi connectivity index (χ1n) is 8.77. The molecule has 0 saturated heterocycles. The van der Waals surface area contributed by atoms with Crippen LogP contribution in [0.2, 0.25) is 0 Å². The summed E-state index contributed by atoms with van der Waals surface area (Å²) in [4.78, 5) is 11.4. The highest BCUT2D eigenvalue weighted by atomic mass is 35.5. The van der Waals surface area contributed by atoms with E-state index in [0.29, 0.717) is 34.6 Å². The first-order valence-corrected chi connectivity index (χ1v) is 9.31. The molecule has 0 aliphatic heterocycles. The van der Waals surface area contributed by atoms with Gasteiger partial charge in [0.15, 0.2) is 34.6 Å². The van der Waals surface area contributed by atoms with E-state index in [1.54, 1.807) is 37.6 Å². The van der Waals surface area contributed by atoms with Crippen molar-refractivity contribution in [1.82, 2.24) is 14.8 Å². The molecule has 3 aromatic rings. The zero-order chi connectivity index (χ0) is 22.2. The van der Waals surface area contributed by atoms with Gasteiger partial charge in [-0.2, -0.15) is 0 Å². The van der Waals surface area contributed by atoms with E-state index < -0.39 is 34.7 Å². The fourth-order valence-electron chi connectivity index (χ4n) is 3.09. The highest BCUT2D eigenvalue weighted by Crippen LogP contribution is 2.33. The zero-order valence-electron chi connectivity index (χ0n) is 16.3. The van der Waals surface area contributed by atoms with Crippen molar-refractivity contribution in [2.24, 2.45) is 12.8 Å². The number of rotatable bonds is 6. The number of primary amides is 1. The maximum absolute atomic E-state index is 14.0. The number of ether oxygens (including phenoxy) is 1. The molecule has 1 aromatic heterocycles. The van der Waals surface area contributed by atoms with E-state index in [9.17, 15) is 18.0 Å². The Morgan fingerprint density at radius 3 is 2.37 bits per heavy atom. The number of carbonyl (C=O) groups is 1. The maximum atomic E-state index is 14.0. The Bertz CT molecular complexity index is 1110. The average Bonchev–Trinajstić information content (AvgIpc) is 3.06. The molecule has 2 N–H and O–H groups in total. The molecule has 0 aliphatic carbocycles. The highest BCUT2D eigenvalue weighted by Gasteiger charge is 2.32. The Balaban J connectivity index is 2.02. The lowest BCUT2D eigenvalue weighted by Gasteiger charge is -2.26. The molecule has 6 nitrogen and oxygen atoms in total. The van der Waals surface area contributed by atoms with Gasteiger partial charge in [-0.05, 0) is 31.5 Å². The second-order valence-corrected chi connectivity index (χ2v) is 7.35. The molecule has 10 heteroatoms. The largest absolute Gasteiger partial charge is 0.474 e. The minimum atomic E-state index is -1.33. The van der Waals surface area contributed by atoms with Gasteiger partial charge < -0.3 is 15.0 Å². The lowest BCUT2D eigenvalue weighted by atomic mass is 10.0. The van der Waals surface area contributed by atoms with Crippen LogP contribution >= 0.6 is 11.6 Å². The summed E-state index contributed by atoms with van der Waals surface area (Å²) < 4.78 is 48.3. The third-order valence-corrected chi connectivity index (χ3v) is 4.80. The monoisotopic (exact) mass is 438 g/mol. The van der Waals surface area contributed by atoms with Crippen molar-refractivity contribution in [2.45, 2.75) is 25.3 Å². The van der Waals surface area contributed by atoms with E-state index in [1.165, 1.54) is 6.07 Å². The number of nitrogens with two attached hydrogens (primary N) is 1. The number of aromatic nitrogens is 3. The van der Waals surface area contributed by atoms with Crippen LogP contribution in [-0.4, -0.2) is 20.7 Å². The van der Waals surface area contributed by atoms with Crippen molar-refractivity contribution in [2.75, 3.05) is 0 Å². The number of hydrogen-bond acceptors (Lipinski definition) is 4. The smallest absolute Gasteiger partial charge is 0.248 e. The van der Waals surface area contributed by atoms with E-state index in [2.05, 4.69) is 10.2 Å². The number of benzene rings is 2. The van der Waals surface area contributed by atoms with Crippen LogP contribution in [0.1, 0.15) is 35.6 Å². The van der Waals surface area contributed by atoms with Crippen LogP contribution < -0.4 is 10.5 Å². The lowest BCUT2D eigenvalue weighted by Crippen LogP contribution is -2.30. The summed E-state index contributed by atoms with van der Waals surface area (Å²) in [7, 11) is 1.65. The van der Waals surface area contributed by atoms with E-state index >= 15 is 0 Å². The SMILES string of the molecule is Cn1c(-c2ccc(C(N)=O)cc2CCl)nnc1C(C)(C)Oc1c(F)cc(F)cc1F. The van der Waals surface area contributed by atoms with Crippen LogP contribution in [0.3, 0.4) is 0 Å². The summed E-state index contributed by atoms with van der Waals surface area (Å²) >= 11 is 6.01. The molecule has 0 aliphatic rings. The van der Waals surface area contributed by atoms with Crippen LogP contribution in [0.15, 0.2) is 30.3 Å². The van der Waals surface area contributed by atoms with E-state index in [-0.39, 0.29) is 11.7 Å².